The average molecular weight is 810 g/mol. The third-order valence-electron chi connectivity index (χ3n) is 11.5. The number of ether oxygens (including phenoxy) is 2. The van der Waals surface area contributed by atoms with Crippen LogP contribution in [0.15, 0.2) is 24.3 Å². The lowest BCUT2D eigenvalue weighted by atomic mass is 9.99. The van der Waals surface area contributed by atoms with Crippen molar-refractivity contribution < 1.29 is 39.8 Å². The van der Waals surface area contributed by atoms with Crippen LogP contribution >= 0.6 is 0 Å². The predicted octanol–water partition coefficient (Wildman–Crippen LogP) is 10.3. The van der Waals surface area contributed by atoms with Crippen LogP contribution in [0.4, 0.5) is 0 Å². The van der Waals surface area contributed by atoms with E-state index in [1.54, 1.807) is 6.08 Å². The van der Waals surface area contributed by atoms with Crippen molar-refractivity contribution in [3.63, 3.8) is 0 Å². The molecule has 0 bridgehead atoms. The third-order valence-corrected chi connectivity index (χ3v) is 11.5. The molecule has 9 heteroatoms. The van der Waals surface area contributed by atoms with E-state index in [9.17, 15) is 30.3 Å². The molecule has 1 amide bonds. The summed E-state index contributed by atoms with van der Waals surface area (Å²) in [5.74, 6) is -0.177. The van der Waals surface area contributed by atoms with Crippen molar-refractivity contribution in [2.24, 2.45) is 0 Å². The highest BCUT2D eigenvalue weighted by Gasteiger charge is 2.44. The molecule has 0 aromatic heterocycles. The van der Waals surface area contributed by atoms with Crippen molar-refractivity contribution in [2.45, 2.75) is 262 Å². The van der Waals surface area contributed by atoms with E-state index in [1.165, 1.54) is 161 Å². The number of aliphatic hydroxyl groups is 5. The summed E-state index contributed by atoms with van der Waals surface area (Å²) in [6.45, 7) is 3.77. The van der Waals surface area contributed by atoms with Crippen LogP contribution in [0.1, 0.15) is 219 Å². The number of rotatable bonds is 40. The van der Waals surface area contributed by atoms with Gasteiger partial charge in [-0.1, -0.05) is 192 Å². The van der Waals surface area contributed by atoms with Crippen LogP contribution in [0.25, 0.3) is 0 Å². The third kappa shape index (κ3) is 29.5. The van der Waals surface area contributed by atoms with Crippen molar-refractivity contribution in [1.29, 1.82) is 0 Å². The second-order valence-electron chi connectivity index (χ2n) is 16.9. The van der Waals surface area contributed by atoms with Crippen LogP contribution in [0.5, 0.6) is 0 Å². The summed E-state index contributed by atoms with van der Waals surface area (Å²) < 4.78 is 11.2. The van der Waals surface area contributed by atoms with Gasteiger partial charge >= 0.3 is 0 Å². The van der Waals surface area contributed by atoms with Gasteiger partial charge in [-0.2, -0.15) is 0 Å². The van der Waals surface area contributed by atoms with Gasteiger partial charge < -0.3 is 40.3 Å². The lowest BCUT2D eigenvalue weighted by molar-refractivity contribution is -0.302. The second-order valence-corrected chi connectivity index (χ2v) is 16.9. The minimum absolute atomic E-state index is 0.177. The fourth-order valence-corrected chi connectivity index (χ4v) is 7.62. The number of unbranched alkanes of at least 4 members (excludes halogenated alkanes) is 28. The number of carbonyl (C=O) groups is 1. The monoisotopic (exact) mass is 810 g/mol. The maximum absolute atomic E-state index is 13.0. The van der Waals surface area contributed by atoms with Gasteiger partial charge in [0.2, 0.25) is 5.91 Å². The Morgan fingerprint density at radius 2 is 0.982 bits per heavy atom. The quantitative estimate of drug-likeness (QED) is 0.0265. The number of nitrogens with one attached hydrogen (secondary N) is 1. The van der Waals surface area contributed by atoms with E-state index in [4.69, 9.17) is 9.47 Å². The van der Waals surface area contributed by atoms with Crippen LogP contribution in [0.3, 0.4) is 0 Å². The first-order valence-electron chi connectivity index (χ1n) is 24.1. The van der Waals surface area contributed by atoms with Crippen molar-refractivity contribution in [2.75, 3.05) is 13.2 Å². The van der Waals surface area contributed by atoms with Crippen LogP contribution in [0, 0.1) is 0 Å². The number of amides is 1. The Morgan fingerprint density at radius 1 is 0.579 bits per heavy atom. The SMILES string of the molecule is CCCCCCCCC=CCCCCCCCCCCCCCC(=O)N[C@@H](CO[C@@H]1O[C@H](CO)[C@H](O)[C@H](O)[C@H]1O)[C@H](O)/C=C/CCCCCCCCCCCCC. The predicted molar refractivity (Wildman–Crippen MR) is 235 cm³/mol. The molecule has 1 aliphatic rings. The molecule has 9 nitrogen and oxygen atoms in total. The van der Waals surface area contributed by atoms with Crippen molar-refractivity contribution in [3.05, 3.63) is 24.3 Å². The van der Waals surface area contributed by atoms with Gasteiger partial charge in [-0.3, -0.25) is 4.79 Å². The molecule has 1 aliphatic heterocycles. The van der Waals surface area contributed by atoms with Gasteiger partial charge in [0.05, 0.1) is 25.4 Å². The molecule has 57 heavy (non-hydrogen) atoms. The first-order valence-corrected chi connectivity index (χ1v) is 24.1. The fraction of sp³-hybridized carbons (Fsp3) is 0.896. The summed E-state index contributed by atoms with van der Waals surface area (Å²) >= 11 is 0. The summed E-state index contributed by atoms with van der Waals surface area (Å²) in [5, 5.41) is 54.2. The van der Waals surface area contributed by atoms with E-state index in [2.05, 4.69) is 31.3 Å². The summed E-state index contributed by atoms with van der Waals surface area (Å²) in [6.07, 6.45) is 39.3. The summed E-state index contributed by atoms with van der Waals surface area (Å²) in [6, 6.07) is -0.801. The normalized spacial score (nSPS) is 21.1. The zero-order chi connectivity index (χ0) is 41.6. The van der Waals surface area contributed by atoms with Crippen LogP contribution in [0.2, 0.25) is 0 Å². The van der Waals surface area contributed by atoms with Crippen molar-refractivity contribution in [3.8, 4) is 0 Å². The Hall–Kier alpha value is -1.33. The molecular formula is C48H91NO8. The molecule has 1 heterocycles. The Balaban J connectivity index is 2.29. The molecule has 0 radical (unpaired) electrons. The van der Waals surface area contributed by atoms with Gasteiger partial charge in [-0.05, 0) is 44.9 Å². The molecular weight excluding hydrogens is 719 g/mol. The summed E-state index contributed by atoms with van der Waals surface area (Å²) in [7, 11) is 0. The summed E-state index contributed by atoms with van der Waals surface area (Å²) in [5.41, 5.74) is 0. The highest BCUT2D eigenvalue weighted by atomic mass is 16.7. The number of hydrogen-bond donors (Lipinski definition) is 6. The smallest absolute Gasteiger partial charge is 0.220 e. The standard InChI is InChI=1S/C48H91NO8/c1-3-5-7-9-11-13-15-17-18-19-20-21-22-23-24-26-28-30-32-34-36-38-44(52)49-41(40-56-48-47(55)46(54)45(53)43(39-50)57-48)42(51)37-35-33-31-29-27-25-16-14-12-10-8-6-4-2/h17-18,35,37,41-43,45-48,50-51,53-55H,3-16,19-34,36,38-40H2,1-2H3,(H,49,52)/b18-17?,37-35+/t41-,42+,43+,45-,46-,47+,48+/m0/s1. The number of carbonyl (C=O) groups excluding carboxylic acids is 1. The van der Waals surface area contributed by atoms with Gasteiger partial charge in [-0.25, -0.2) is 0 Å². The molecule has 0 saturated carbocycles. The van der Waals surface area contributed by atoms with Crippen LogP contribution in [-0.4, -0.2) is 87.5 Å². The van der Waals surface area contributed by atoms with E-state index < -0.39 is 49.5 Å². The van der Waals surface area contributed by atoms with Crippen LogP contribution in [-0.2, 0) is 14.3 Å². The van der Waals surface area contributed by atoms with E-state index in [1.807, 2.05) is 6.08 Å². The average Bonchev–Trinajstić information content (AvgIpc) is 3.21. The topological polar surface area (TPSA) is 149 Å². The summed E-state index contributed by atoms with van der Waals surface area (Å²) in [4.78, 5) is 13.0. The molecule has 0 spiro atoms. The number of hydrogen-bond acceptors (Lipinski definition) is 8. The molecule has 0 aromatic carbocycles. The zero-order valence-electron chi connectivity index (χ0n) is 36.9. The molecule has 6 N–H and O–H groups in total. The minimum atomic E-state index is -1.56. The second kappa shape index (κ2) is 38.8. The van der Waals surface area contributed by atoms with Gasteiger partial charge in [0.15, 0.2) is 6.29 Å². The van der Waals surface area contributed by atoms with E-state index in [0.717, 1.165) is 38.5 Å². The first kappa shape index (κ1) is 53.7. The maximum Gasteiger partial charge on any atom is 0.220 e. The van der Waals surface area contributed by atoms with Gasteiger partial charge in [0.1, 0.15) is 24.4 Å². The van der Waals surface area contributed by atoms with Crippen molar-refractivity contribution in [1.82, 2.24) is 5.32 Å². The molecule has 0 aromatic rings. The van der Waals surface area contributed by atoms with Crippen molar-refractivity contribution >= 4 is 5.91 Å². The minimum Gasteiger partial charge on any atom is -0.394 e. The Kier molecular flexibility index (Phi) is 36.6. The number of aliphatic hydroxyl groups excluding tert-OH is 5. The Morgan fingerprint density at radius 3 is 1.42 bits per heavy atom. The highest BCUT2D eigenvalue weighted by molar-refractivity contribution is 5.76. The van der Waals surface area contributed by atoms with E-state index >= 15 is 0 Å². The molecule has 0 aliphatic carbocycles. The fourth-order valence-electron chi connectivity index (χ4n) is 7.62. The molecule has 1 rings (SSSR count). The molecule has 1 fully saturated rings. The maximum atomic E-state index is 13.0. The highest BCUT2D eigenvalue weighted by Crippen LogP contribution is 2.23. The van der Waals surface area contributed by atoms with Crippen LogP contribution < -0.4 is 5.32 Å². The lowest BCUT2D eigenvalue weighted by Crippen LogP contribution is -2.60. The molecule has 336 valence electrons. The zero-order valence-corrected chi connectivity index (χ0v) is 36.9. The largest absolute Gasteiger partial charge is 0.394 e. The molecule has 1 saturated heterocycles. The number of allylic oxidation sites excluding steroid dienone is 3. The van der Waals surface area contributed by atoms with Gasteiger partial charge in [0.25, 0.3) is 0 Å². The lowest BCUT2D eigenvalue weighted by Gasteiger charge is -2.40. The molecule has 7 atom stereocenters. The Bertz CT molecular complexity index is 945. The van der Waals surface area contributed by atoms with Gasteiger partial charge in [-0.15, -0.1) is 0 Å². The molecule has 0 unspecified atom stereocenters. The van der Waals surface area contributed by atoms with E-state index in [-0.39, 0.29) is 12.5 Å². The first-order chi connectivity index (χ1) is 27.8. The van der Waals surface area contributed by atoms with Gasteiger partial charge in [0, 0.05) is 6.42 Å². The Labute approximate surface area is 349 Å². The van der Waals surface area contributed by atoms with E-state index in [0.29, 0.717) is 6.42 Å².